The topological polar surface area (TPSA) is 44.8 Å². The van der Waals surface area contributed by atoms with E-state index in [2.05, 4.69) is 15.9 Å². The molecule has 0 aromatic heterocycles. The molecule has 29 heavy (non-hydrogen) atoms. The molecule has 0 unspecified atom stereocenters. The number of ketones is 1. The molecule has 5 heteroatoms. The second kappa shape index (κ2) is 9.94. The van der Waals surface area contributed by atoms with Crippen LogP contribution in [0.1, 0.15) is 21.5 Å². The van der Waals surface area contributed by atoms with Crippen LogP contribution in [-0.4, -0.2) is 20.0 Å². The molecule has 3 aromatic carbocycles. The molecule has 0 aliphatic carbocycles. The second-order valence-corrected chi connectivity index (χ2v) is 7.07. The zero-order chi connectivity index (χ0) is 20.6. The van der Waals surface area contributed by atoms with Gasteiger partial charge in [0.15, 0.2) is 5.78 Å². The number of hydrogen-bond donors (Lipinski definition) is 0. The Hall–Kier alpha value is -3.05. The van der Waals surface area contributed by atoms with Crippen molar-refractivity contribution in [2.45, 2.75) is 6.61 Å². The van der Waals surface area contributed by atoms with E-state index in [1.54, 1.807) is 50.6 Å². The number of ether oxygens (including phenoxy) is 3. The van der Waals surface area contributed by atoms with Crippen molar-refractivity contribution in [3.8, 4) is 17.2 Å². The number of para-hydroxylation sites is 1. The first-order valence-electron chi connectivity index (χ1n) is 9.01. The Kier molecular flexibility index (Phi) is 7.09. The summed E-state index contributed by atoms with van der Waals surface area (Å²) in [7, 11) is 3.20. The molecule has 3 aromatic rings. The van der Waals surface area contributed by atoms with Gasteiger partial charge in [0.1, 0.15) is 23.9 Å². The van der Waals surface area contributed by atoms with E-state index < -0.39 is 0 Å². The number of allylic oxidation sites excluding steroid dienone is 1. The SMILES string of the molecule is COc1cccc(C(=O)/C=C/c2ccc(OC)c(COc3ccccc3Br)c2)c1. The van der Waals surface area contributed by atoms with E-state index in [4.69, 9.17) is 14.2 Å². The highest BCUT2D eigenvalue weighted by Gasteiger charge is 2.08. The van der Waals surface area contributed by atoms with Crippen LogP contribution >= 0.6 is 15.9 Å². The maximum atomic E-state index is 12.4. The largest absolute Gasteiger partial charge is 0.497 e. The molecule has 0 amide bonds. The predicted molar refractivity (Wildman–Crippen MR) is 118 cm³/mol. The average molecular weight is 453 g/mol. The lowest BCUT2D eigenvalue weighted by atomic mass is 10.1. The first-order valence-corrected chi connectivity index (χ1v) is 9.80. The Bertz CT molecular complexity index is 1030. The van der Waals surface area contributed by atoms with Crippen LogP contribution in [0.4, 0.5) is 0 Å². The molecule has 0 fully saturated rings. The number of benzene rings is 3. The van der Waals surface area contributed by atoms with Gasteiger partial charge in [0, 0.05) is 11.1 Å². The van der Waals surface area contributed by atoms with Crippen LogP contribution in [0.15, 0.2) is 77.3 Å². The molecule has 0 bridgehead atoms. The molecular weight excluding hydrogens is 432 g/mol. The fraction of sp³-hybridized carbons (Fsp3) is 0.125. The summed E-state index contributed by atoms with van der Waals surface area (Å²) in [6.07, 6.45) is 3.33. The Morgan fingerprint density at radius 1 is 0.931 bits per heavy atom. The maximum absolute atomic E-state index is 12.4. The van der Waals surface area contributed by atoms with Crippen LogP contribution in [0.25, 0.3) is 6.08 Å². The summed E-state index contributed by atoms with van der Waals surface area (Å²) < 4.78 is 17.4. The van der Waals surface area contributed by atoms with Gasteiger partial charge in [-0.25, -0.2) is 0 Å². The number of hydrogen-bond acceptors (Lipinski definition) is 4. The fourth-order valence-corrected chi connectivity index (χ4v) is 3.18. The van der Waals surface area contributed by atoms with E-state index in [0.717, 1.165) is 27.1 Å². The minimum absolute atomic E-state index is 0.0919. The molecule has 0 saturated heterocycles. The smallest absolute Gasteiger partial charge is 0.185 e. The van der Waals surface area contributed by atoms with Gasteiger partial charge in [0.2, 0.25) is 0 Å². The van der Waals surface area contributed by atoms with Crippen LogP contribution in [-0.2, 0) is 6.61 Å². The van der Waals surface area contributed by atoms with Gasteiger partial charge in [-0.3, -0.25) is 4.79 Å². The third-order valence-electron chi connectivity index (χ3n) is 4.31. The molecule has 0 radical (unpaired) electrons. The lowest BCUT2D eigenvalue weighted by molar-refractivity contribution is 0.104. The monoisotopic (exact) mass is 452 g/mol. The molecule has 0 heterocycles. The van der Waals surface area contributed by atoms with Crippen molar-refractivity contribution in [2.75, 3.05) is 14.2 Å². The van der Waals surface area contributed by atoms with Crippen molar-refractivity contribution in [2.24, 2.45) is 0 Å². The van der Waals surface area contributed by atoms with Gasteiger partial charge in [-0.15, -0.1) is 0 Å². The predicted octanol–water partition coefficient (Wildman–Crippen LogP) is 5.94. The van der Waals surface area contributed by atoms with E-state index in [1.165, 1.54) is 0 Å². The van der Waals surface area contributed by atoms with Gasteiger partial charge in [-0.1, -0.05) is 36.4 Å². The van der Waals surface area contributed by atoms with E-state index in [0.29, 0.717) is 17.9 Å². The number of rotatable bonds is 8. The summed E-state index contributed by atoms with van der Waals surface area (Å²) in [5.74, 6) is 2.04. The van der Waals surface area contributed by atoms with E-state index in [1.807, 2.05) is 42.5 Å². The number of carbonyl (C=O) groups is 1. The zero-order valence-electron chi connectivity index (χ0n) is 16.2. The van der Waals surface area contributed by atoms with Crippen molar-refractivity contribution in [3.05, 3.63) is 94.0 Å². The van der Waals surface area contributed by atoms with E-state index >= 15 is 0 Å². The van der Waals surface area contributed by atoms with Crippen molar-refractivity contribution in [3.63, 3.8) is 0 Å². The first-order chi connectivity index (χ1) is 14.1. The Labute approximate surface area is 178 Å². The third-order valence-corrected chi connectivity index (χ3v) is 4.96. The van der Waals surface area contributed by atoms with Crippen LogP contribution in [0.2, 0.25) is 0 Å². The van der Waals surface area contributed by atoms with Gasteiger partial charge >= 0.3 is 0 Å². The van der Waals surface area contributed by atoms with E-state index in [9.17, 15) is 4.79 Å². The van der Waals surface area contributed by atoms with Crippen molar-refractivity contribution in [1.82, 2.24) is 0 Å². The molecule has 148 valence electrons. The molecular formula is C24H21BrO4. The molecule has 4 nitrogen and oxygen atoms in total. The van der Waals surface area contributed by atoms with Crippen LogP contribution in [0.3, 0.4) is 0 Å². The highest BCUT2D eigenvalue weighted by atomic mass is 79.9. The standard InChI is InChI=1S/C24H21BrO4/c1-27-20-7-5-6-18(15-20)22(26)12-10-17-11-13-23(28-2)19(14-17)16-29-24-9-4-3-8-21(24)25/h3-15H,16H2,1-2H3/b12-10+. The summed E-state index contributed by atoms with van der Waals surface area (Å²) >= 11 is 3.48. The molecule has 3 rings (SSSR count). The van der Waals surface area contributed by atoms with Crippen LogP contribution in [0.5, 0.6) is 17.2 Å². The third kappa shape index (κ3) is 5.48. The van der Waals surface area contributed by atoms with Crippen molar-refractivity contribution >= 4 is 27.8 Å². The van der Waals surface area contributed by atoms with Gasteiger partial charge < -0.3 is 14.2 Å². The maximum Gasteiger partial charge on any atom is 0.185 e. The number of methoxy groups -OCH3 is 2. The van der Waals surface area contributed by atoms with Gasteiger partial charge in [0.05, 0.1) is 18.7 Å². The van der Waals surface area contributed by atoms with Gasteiger partial charge in [-0.2, -0.15) is 0 Å². The highest BCUT2D eigenvalue weighted by molar-refractivity contribution is 9.10. The van der Waals surface area contributed by atoms with E-state index in [-0.39, 0.29) is 5.78 Å². The van der Waals surface area contributed by atoms with Crippen molar-refractivity contribution in [1.29, 1.82) is 0 Å². The summed E-state index contributed by atoms with van der Waals surface area (Å²) in [4.78, 5) is 12.4. The molecule has 0 N–H and O–H groups in total. The number of carbonyl (C=O) groups excluding carboxylic acids is 1. The fourth-order valence-electron chi connectivity index (χ4n) is 2.78. The molecule has 0 saturated carbocycles. The molecule has 0 aliphatic heterocycles. The molecule has 0 spiro atoms. The zero-order valence-corrected chi connectivity index (χ0v) is 17.8. The van der Waals surface area contributed by atoms with Gasteiger partial charge in [0.25, 0.3) is 0 Å². The summed E-state index contributed by atoms with van der Waals surface area (Å²) in [6.45, 7) is 0.345. The average Bonchev–Trinajstić information content (AvgIpc) is 2.77. The van der Waals surface area contributed by atoms with Crippen LogP contribution < -0.4 is 14.2 Å². The minimum atomic E-state index is -0.0919. The van der Waals surface area contributed by atoms with Crippen LogP contribution in [0, 0.1) is 0 Å². The summed E-state index contributed by atoms with van der Waals surface area (Å²) in [5.41, 5.74) is 2.35. The molecule has 0 atom stereocenters. The lowest BCUT2D eigenvalue weighted by Gasteiger charge is -2.12. The number of halogens is 1. The Morgan fingerprint density at radius 2 is 1.76 bits per heavy atom. The van der Waals surface area contributed by atoms with Crippen molar-refractivity contribution < 1.29 is 19.0 Å². The normalized spacial score (nSPS) is 10.7. The summed E-state index contributed by atoms with van der Waals surface area (Å²) in [5, 5.41) is 0. The summed E-state index contributed by atoms with van der Waals surface area (Å²) in [6, 6.07) is 20.5. The second-order valence-electron chi connectivity index (χ2n) is 6.22. The first kappa shape index (κ1) is 20.7. The lowest BCUT2D eigenvalue weighted by Crippen LogP contribution is -2.00. The Morgan fingerprint density at radius 3 is 2.52 bits per heavy atom. The minimum Gasteiger partial charge on any atom is -0.497 e. The molecule has 0 aliphatic rings. The van der Waals surface area contributed by atoms with Gasteiger partial charge in [-0.05, 0) is 64.0 Å². The highest BCUT2D eigenvalue weighted by Crippen LogP contribution is 2.27. The Balaban J connectivity index is 1.76. The quantitative estimate of drug-likeness (QED) is 0.313.